The molecule has 0 unspecified atom stereocenters. The van der Waals surface area contributed by atoms with E-state index in [4.69, 9.17) is 14.7 Å². The largest absolute Gasteiger partial charge is 0.508 e. The molecule has 1 N–H and O–H groups in total. The number of piperazine rings is 1. The van der Waals surface area contributed by atoms with E-state index in [-0.39, 0.29) is 11.7 Å². The predicted molar refractivity (Wildman–Crippen MR) is 153 cm³/mol. The van der Waals surface area contributed by atoms with Gasteiger partial charge in [-0.2, -0.15) is 9.97 Å². The van der Waals surface area contributed by atoms with E-state index in [1.807, 2.05) is 29.2 Å². The van der Waals surface area contributed by atoms with Crippen LogP contribution in [0.15, 0.2) is 61.2 Å². The minimum Gasteiger partial charge on any atom is -0.508 e. The number of benzene rings is 2. The van der Waals surface area contributed by atoms with Gasteiger partial charge in [0.25, 0.3) is 0 Å². The highest BCUT2D eigenvalue weighted by molar-refractivity contribution is 5.95. The van der Waals surface area contributed by atoms with Crippen molar-refractivity contribution >= 4 is 28.2 Å². The summed E-state index contributed by atoms with van der Waals surface area (Å²) < 4.78 is 6.22. The summed E-state index contributed by atoms with van der Waals surface area (Å²) >= 11 is 0. The van der Waals surface area contributed by atoms with Crippen LogP contribution in [0, 0.1) is 5.92 Å². The SMILES string of the molecule is C=CC(=O)N1CCN(c2nc(OC[C@H]3CCC(=C)C3)nc3c2CCN(c2cc(O)cc4ccccc24)C3)CC1. The van der Waals surface area contributed by atoms with Crippen molar-refractivity contribution < 1.29 is 14.6 Å². The Morgan fingerprint density at radius 1 is 1.08 bits per heavy atom. The van der Waals surface area contributed by atoms with Crippen LogP contribution in [-0.4, -0.2) is 65.2 Å². The normalized spacial score (nSPS) is 19.3. The third kappa shape index (κ3) is 5.15. The number of carbonyl (C=O) groups is 1. The van der Waals surface area contributed by atoms with Crippen LogP contribution >= 0.6 is 0 Å². The summed E-state index contributed by atoms with van der Waals surface area (Å²) in [5.41, 5.74) is 4.38. The van der Waals surface area contributed by atoms with E-state index in [9.17, 15) is 9.90 Å². The smallest absolute Gasteiger partial charge is 0.318 e. The molecule has 6 rings (SSSR count). The molecule has 3 aliphatic rings. The fraction of sp³-hybridized carbons (Fsp3) is 0.387. The molecule has 1 amide bonds. The summed E-state index contributed by atoms with van der Waals surface area (Å²) in [6, 6.07) is 12.2. The summed E-state index contributed by atoms with van der Waals surface area (Å²) in [5, 5.41) is 12.6. The van der Waals surface area contributed by atoms with Gasteiger partial charge in [0.15, 0.2) is 0 Å². The van der Waals surface area contributed by atoms with Crippen molar-refractivity contribution in [1.29, 1.82) is 0 Å². The lowest BCUT2D eigenvalue weighted by Gasteiger charge is -2.38. The molecule has 2 fully saturated rings. The van der Waals surface area contributed by atoms with Gasteiger partial charge in [0.1, 0.15) is 11.6 Å². The van der Waals surface area contributed by atoms with Gasteiger partial charge >= 0.3 is 6.01 Å². The minimum atomic E-state index is -0.0319. The quantitative estimate of drug-likeness (QED) is 0.376. The Morgan fingerprint density at radius 3 is 2.67 bits per heavy atom. The average Bonchev–Trinajstić information content (AvgIpc) is 3.39. The molecule has 8 nitrogen and oxygen atoms in total. The van der Waals surface area contributed by atoms with Crippen LogP contribution in [-0.2, 0) is 17.8 Å². The Bertz CT molecular complexity index is 1430. The highest BCUT2D eigenvalue weighted by Crippen LogP contribution is 2.37. The molecule has 3 aromatic rings. The first-order valence-corrected chi connectivity index (χ1v) is 13.8. The van der Waals surface area contributed by atoms with Gasteiger partial charge in [-0.05, 0) is 49.1 Å². The molecular formula is C31H35N5O3. The number of nitrogens with zero attached hydrogens (tertiary/aromatic N) is 5. The molecule has 1 saturated carbocycles. The number of fused-ring (bicyclic) bond motifs is 2. The Hall–Kier alpha value is -4.07. The fourth-order valence-electron chi connectivity index (χ4n) is 6.08. The predicted octanol–water partition coefficient (Wildman–Crippen LogP) is 4.47. The van der Waals surface area contributed by atoms with E-state index in [1.165, 1.54) is 11.6 Å². The van der Waals surface area contributed by atoms with E-state index in [0.29, 0.717) is 51.3 Å². The maximum Gasteiger partial charge on any atom is 0.318 e. The van der Waals surface area contributed by atoms with Crippen LogP contribution in [0.5, 0.6) is 11.8 Å². The fourth-order valence-corrected chi connectivity index (χ4v) is 6.08. The highest BCUT2D eigenvalue weighted by atomic mass is 16.5. The number of phenols is 1. The second-order valence-corrected chi connectivity index (χ2v) is 10.8. The lowest BCUT2D eigenvalue weighted by atomic mass is 10.0. The molecule has 0 spiro atoms. The van der Waals surface area contributed by atoms with Crippen LogP contribution in [0.2, 0.25) is 0 Å². The topological polar surface area (TPSA) is 82.0 Å². The van der Waals surface area contributed by atoms with Crippen LogP contribution in [0.25, 0.3) is 10.8 Å². The molecule has 0 radical (unpaired) electrons. The molecule has 1 atom stereocenters. The monoisotopic (exact) mass is 525 g/mol. The van der Waals surface area contributed by atoms with E-state index < -0.39 is 0 Å². The van der Waals surface area contributed by atoms with Crippen molar-refractivity contribution in [2.75, 3.05) is 49.1 Å². The number of hydrogen-bond donors (Lipinski definition) is 1. The summed E-state index contributed by atoms with van der Waals surface area (Å²) in [6.45, 7) is 12.4. The number of amides is 1. The molecule has 0 bridgehead atoms. The number of rotatable bonds is 6. The number of carbonyl (C=O) groups excluding carboxylic acids is 1. The first-order chi connectivity index (χ1) is 19.0. The minimum absolute atomic E-state index is 0.0319. The Morgan fingerprint density at radius 2 is 1.90 bits per heavy atom. The van der Waals surface area contributed by atoms with Crippen molar-refractivity contribution in [2.24, 2.45) is 5.92 Å². The summed E-state index contributed by atoms with van der Waals surface area (Å²) in [4.78, 5) is 28.4. The zero-order chi connectivity index (χ0) is 26.9. The van der Waals surface area contributed by atoms with Gasteiger partial charge < -0.3 is 24.5 Å². The molecule has 1 saturated heterocycles. The molecule has 3 heterocycles. The van der Waals surface area contributed by atoms with Gasteiger partial charge in [-0.15, -0.1) is 0 Å². The lowest BCUT2D eigenvalue weighted by molar-refractivity contribution is -0.126. The second kappa shape index (κ2) is 10.6. The number of allylic oxidation sites excluding steroid dienone is 1. The summed E-state index contributed by atoms with van der Waals surface area (Å²) in [7, 11) is 0. The van der Waals surface area contributed by atoms with Crippen molar-refractivity contribution in [3.63, 3.8) is 0 Å². The van der Waals surface area contributed by atoms with E-state index >= 15 is 0 Å². The van der Waals surface area contributed by atoms with Gasteiger partial charge in [-0.25, -0.2) is 0 Å². The van der Waals surface area contributed by atoms with Gasteiger partial charge in [0.05, 0.1) is 18.8 Å². The van der Waals surface area contributed by atoms with E-state index in [0.717, 1.165) is 65.8 Å². The number of ether oxygens (including phenoxy) is 1. The molecule has 2 aliphatic heterocycles. The summed E-state index contributed by atoms with van der Waals surface area (Å²) in [6.07, 6.45) is 5.31. The highest BCUT2D eigenvalue weighted by Gasteiger charge is 2.29. The standard InChI is InChI=1S/C31H35N5O3/c1-3-29(38)34-12-14-35(15-13-34)30-26-10-11-36(28-18-24(37)17-23-6-4-5-7-25(23)28)19-27(26)32-31(33-30)39-20-22-9-8-21(2)16-22/h3-7,17-18,22,37H,1-2,8-16,19-20H2/t22-/m0/s1. The lowest BCUT2D eigenvalue weighted by Crippen LogP contribution is -2.49. The first-order valence-electron chi connectivity index (χ1n) is 13.8. The number of hydrogen-bond acceptors (Lipinski definition) is 7. The van der Waals surface area contributed by atoms with Gasteiger partial charge in [0, 0.05) is 55.4 Å². The molecule has 8 heteroatoms. The molecular weight excluding hydrogens is 490 g/mol. The number of aromatic hydroxyl groups is 1. The van der Waals surface area contributed by atoms with Crippen LogP contribution in [0.4, 0.5) is 11.5 Å². The maximum atomic E-state index is 12.1. The van der Waals surface area contributed by atoms with Gasteiger partial charge in [-0.1, -0.05) is 43.0 Å². The Labute approximate surface area is 229 Å². The number of anilines is 2. The second-order valence-electron chi connectivity index (χ2n) is 10.8. The molecule has 1 aliphatic carbocycles. The van der Waals surface area contributed by atoms with E-state index in [1.54, 1.807) is 6.07 Å². The van der Waals surface area contributed by atoms with Crippen molar-refractivity contribution in [3.05, 3.63) is 72.5 Å². The molecule has 39 heavy (non-hydrogen) atoms. The van der Waals surface area contributed by atoms with Crippen molar-refractivity contribution in [1.82, 2.24) is 14.9 Å². The van der Waals surface area contributed by atoms with Crippen LogP contribution < -0.4 is 14.5 Å². The third-order valence-electron chi connectivity index (χ3n) is 8.19. The molecule has 2 aromatic carbocycles. The molecule has 202 valence electrons. The first kappa shape index (κ1) is 25.2. The Balaban J connectivity index is 1.31. The zero-order valence-corrected chi connectivity index (χ0v) is 22.3. The van der Waals surface area contributed by atoms with Crippen molar-refractivity contribution in [3.8, 4) is 11.8 Å². The number of phenolic OH excluding ortho intramolecular Hbond substituents is 1. The molecule has 1 aromatic heterocycles. The maximum absolute atomic E-state index is 12.1. The number of aromatic nitrogens is 2. The van der Waals surface area contributed by atoms with Crippen LogP contribution in [0.1, 0.15) is 30.5 Å². The van der Waals surface area contributed by atoms with Crippen LogP contribution in [0.3, 0.4) is 0 Å². The van der Waals surface area contributed by atoms with E-state index in [2.05, 4.69) is 29.0 Å². The zero-order valence-electron chi connectivity index (χ0n) is 22.3. The average molecular weight is 526 g/mol. The van der Waals surface area contributed by atoms with Gasteiger partial charge in [-0.3, -0.25) is 4.79 Å². The van der Waals surface area contributed by atoms with Gasteiger partial charge in [0.2, 0.25) is 5.91 Å². The van der Waals surface area contributed by atoms with Crippen molar-refractivity contribution in [2.45, 2.75) is 32.2 Å². The third-order valence-corrected chi connectivity index (χ3v) is 8.19. The Kier molecular flexibility index (Phi) is 6.85. The summed E-state index contributed by atoms with van der Waals surface area (Å²) in [5.74, 6) is 1.59.